The van der Waals surface area contributed by atoms with E-state index in [4.69, 9.17) is 25.8 Å². The summed E-state index contributed by atoms with van der Waals surface area (Å²) in [4.78, 5) is 11.9. The summed E-state index contributed by atoms with van der Waals surface area (Å²) >= 11 is 5.88. The molecule has 2 aromatic carbocycles. The number of rotatable bonds is 7. The Kier molecular flexibility index (Phi) is 7.27. The van der Waals surface area contributed by atoms with E-state index in [1.54, 1.807) is 44.2 Å². The van der Waals surface area contributed by atoms with Crippen LogP contribution in [0.15, 0.2) is 48.0 Å². The number of carbonyl (C=O) groups excluding carboxylic acids is 1. The van der Waals surface area contributed by atoms with Crippen molar-refractivity contribution in [1.82, 2.24) is 0 Å². The lowest BCUT2D eigenvalue weighted by Crippen LogP contribution is -2.12. The monoisotopic (exact) mass is 385 g/mol. The van der Waals surface area contributed by atoms with Gasteiger partial charge >= 0.3 is 5.97 Å². The van der Waals surface area contributed by atoms with Crippen LogP contribution in [-0.4, -0.2) is 19.2 Å². The molecular weight excluding hydrogens is 366 g/mol. The van der Waals surface area contributed by atoms with E-state index in [-0.39, 0.29) is 11.7 Å². The van der Waals surface area contributed by atoms with Gasteiger partial charge in [0.2, 0.25) is 0 Å². The summed E-state index contributed by atoms with van der Waals surface area (Å²) in [5, 5.41) is 9.86. The number of hydrogen-bond acceptors (Lipinski definition) is 5. The first-order chi connectivity index (χ1) is 12.9. The van der Waals surface area contributed by atoms with E-state index in [0.717, 1.165) is 5.56 Å². The minimum absolute atomic E-state index is 0.0828. The second kappa shape index (κ2) is 9.65. The summed E-state index contributed by atoms with van der Waals surface area (Å²) in [7, 11) is 1.52. The normalized spacial score (nSPS) is 11.0. The second-order valence-electron chi connectivity index (χ2n) is 5.95. The largest absolute Gasteiger partial charge is 0.493 e. The third kappa shape index (κ3) is 6.05. The van der Waals surface area contributed by atoms with Crippen molar-refractivity contribution >= 4 is 23.6 Å². The summed E-state index contributed by atoms with van der Waals surface area (Å²) in [6.45, 7) is 3.80. The van der Waals surface area contributed by atoms with Crippen LogP contribution in [0.3, 0.4) is 0 Å². The van der Waals surface area contributed by atoms with Crippen molar-refractivity contribution in [3.63, 3.8) is 0 Å². The minimum Gasteiger partial charge on any atom is -0.493 e. The highest BCUT2D eigenvalue weighted by atomic mass is 35.5. The molecule has 0 aliphatic rings. The summed E-state index contributed by atoms with van der Waals surface area (Å²) in [6, 6.07) is 14.4. The van der Waals surface area contributed by atoms with Gasteiger partial charge in [0.25, 0.3) is 0 Å². The van der Waals surface area contributed by atoms with Crippen LogP contribution in [0.1, 0.15) is 25.0 Å². The molecule has 0 heterocycles. The highest BCUT2D eigenvalue weighted by molar-refractivity contribution is 6.30. The van der Waals surface area contributed by atoms with Crippen LogP contribution in [0.25, 0.3) is 6.08 Å². The Bertz CT molecular complexity index is 867. The van der Waals surface area contributed by atoms with Crippen molar-refractivity contribution in [3.8, 4) is 17.6 Å². The van der Waals surface area contributed by atoms with Crippen molar-refractivity contribution in [3.05, 3.63) is 64.2 Å². The van der Waals surface area contributed by atoms with Crippen LogP contribution in [0, 0.1) is 11.3 Å². The number of esters is 1. The molecule has 0 saturated carbocycles. The number of ether oxygens (including phenoxy) is 3. The van der Waals surface area contributed by atoms with Crippen LogP contribution in [0.5, 0.6) is 11.5 Å². The lowest BCUT2D eigenvalue weighted by atomic mass is 10.1. The first-order valence-electron chi connectivity index (χ1n) is 8.31. The molecule has 0 amide bonds. The third-order valence-electron chi connectivity index (χ3n) is 3.49. The molecule has 0 N–H and O–H groups in total. The molecule has 0 bridgehead atoms. The van der Waals surface area contributed by atoms with Gasteiger partial charge in [-0.05, 0) is 55.3 Å². The lowest BCUT2D eigenvalue weighted by molar-refractivity contribution is -0.142. The Morgan fingerprint density at radius 1 is 1.19 bits per heavy atom. The molecule has 0 aliphatic heterocycles. The molecule has 0 spiro atoms. The molecule has 2 rings (SSSR count). The van der Waals surface area contributed by atoms with E-state index in [9.17, 15) is 10.1 Å². The number of hydrogen-bond donors (Lipinski definition) is 0. The molecule has 0 fully saturated rings. The molecule has 0 atom stereocenters. The fourth-order valence-electron chi connectivity index (χ4n) is 2.22. The van der Waals surface area contributed by atoms with Crippen LogP contribution in [0.4, 0.5) is 0 Å². The number of benzene rings is 2. The van der Waals surface area contributed by atoms with E-state index < -0.39 is 5.97 Å². The molecule has 0 aliphatic carbocycles. The van der Waals surface area contributed by atoms with Crippen molar-refractivity contribution in [2.75, 3.05) is 7.11 Å². The molecule has 0 radical (unpaired) electrons. The first kappa shape index (κ1) is 20.3. The van der Waals surface area contributed by atoms with E-state index in [0.29, 0.717) is 28.7 Å². The highest BCUT2D eigenvalue weighted by Gasteiger charge is 2.13. The van der Waals surface area contributed by atoms with Crippen molar-refractivity contribution in [2.45, 2.75) is 26.6 Å². The number of nitriles is 1. The fourth-order valence-corrected chi connectivity index (χ4v) is 2.34. The van der Waals surface area contributed by atoms with Crippen molar-refractivity contribution in [2.24, 2.45) is 0 Å². The molecule has 0 aromatic heterocycles. The Morgan fingerprint density at radius 2 is 1.89 bits per heavy atom. The van der Waals surface area contributed by atoms with Crippen LogP contribution < -0.4 is 9.47 Å². The van der Waals surface area contributed by atoms with Gasteiger partial charge in [-0.2, -0.15) is 5.26 Å². The maximum absolute atomic E-state index is 11.9. The standard InChI is InChI=1S/C21H20ClNO4/c1-14(2)27-21(24)17(12-23)10-16-6-9-19(20(11-16)25-3)26-13-15-4-7-18(22)8-5-15/h4-11,14H,13H2,1-3H3. The van der Waals surface area contributed by atoms with Gasteiger partial charge in [-0.3, -0.25) is 0 Å². The predicted molar refractivity (Wildman–Crippen MR) is 104 cm³/mol. The van der Waals surface area contributed by atoms with Crippen molar-refractivity contribution in [1.29, 1.82) is 5.26 Å². The van der Waals surface area contributed by atoms with E-state index >= 15 is 0 Å². The van der Waals surface area contributed by atoms with Gasteiger partial charge in [0.05, 0.1) is 13.2 Å². The van der Waals surface area contributed by atoms with Gasteiger partial charge in [-0.15, -0.1) is 0 Å². The topological polar surface area (TPSA) is 68.5 Å². The first-order valence-corrected chi connectivity index (χ1v) is 8.68. The van der Waals surface area contributed by atoms with Gasteiger partial charge in [-0.1, -0.05) is 29.8 Å². The van der Waals surface area contributed by atoms with Gasteiger partial charge in [0.1, 0.15) is 18.2 Å². The number of halogens is 1. The average molecular weight is 386 g/mol. The Labute approximate surface area is 163 Å². The second-order valence-corrected chi connectivity index (χ2v) is 6.39. The van der Waals surface area contributed by atoms with Crippen molar-refractivity contribution < 1.29 is 19.0 Å². The van der Waals surface area contributed by atoms with Crippen LogP contribution in [0.2, 0.25) is 5.02 Å². The molecule has 6 heteroatoms. The summed E-state index contributed by atoms with van der Waals surface area (Å²) in [6.07, 6.45) is 1.16. The molecular formula is C21H20ClNO4. The molecule has 0 saturated heterocycles. The smallest absolute Gasteiger partial charge is 0.349 e. The summed E-state index contributed by atoms with van der Waals surface area (Å²) in [5.74, 6) is 0.384. The predicted octanol–water partition coefficient (Wildman–Crippen LogP) is 4.79. The Balaban J connectivity index is 2.17. The molecule has 140 valence electrons. The van der Waals surface area contributed by atoms with Crippen LogP contribution >= 0.6 is 11.6 Å². The Morgan fingerprint density at radius 3 is 2.48 bits per heavy atom. The minimum atomic E-state index is -0.658. The van der Waals surface area contributed by atoms with Crippen LogP contribution in [-0.2, 0) is 16.1 Å². The third-order valence-corrected chi connectivity index (χ3v) is 3.74. The molecule has 5 nitrogen and oxygen atoms in total. The summed E-state index contributed by atoms with van der Waals surface area (Å²) in [5.41, 5.74) is 1.51. The van der Waals surface area contributed by atoms with E-state index in [1.807, 2.05) is 18.2 Å². The zero-order chi connectivity index (χ0) is 19.8. The Hall–Kier alpha value is -2.97. The van der Waals surface area contributed by atoms with Gasteiger partial charge in [0.15, 0.2) is 11.5 Å². The van der Waals surface area contributed by atoms with E-state index in [1.165, 1.54) is 13.2 Å². The van der Waals surface area contributed by atoms with Gasteiger partial charge in [-0.25, -0.2) is 4.79 Å². The zero-order valence-electron chi connectivity index (χ0n) is 15.4. The van der Waals surface area contributed by atoms with Gasteiger partial charge in [0, 0.05) is 5.02 Å². The number of nitrogens with zero attached hydrogens (tertiary/aromatic N) is 1. The molecule has 27 heavy (non-hydrogen) atoms. The molecule has 0 unspecified atom stereocenters. The SMILES string of the molecule is COc1cc(C=C(C#N)C(=O)OC(C)C)ccc1OCc1ccc(Cl)cc1. The number of carbonyl (C=O) groups is 1. The molecule has 2 aromatic rings. The fraction of sp³-hybridized carbons (Fsp3) is 0.238. The highest BCUT2D eigenvalue weighted by Crippen LogP contribution is 2.30. The lowest BCUT2D eigenvalue weighted by Gasteiger charge is -2.12. The van der Waals surface area contributed by atoms with Gasteiger partial charge < -0.3 is 14.2 Å². The number of methoxy groups -OCH3 is 1. The maximum Gasteiger partial charge on any atom is 0.349 e. The quantitative estimate of drug-likeness (QED) is 0.389. The average Bonchev–Trinajstić information content (AvgIpc) is 2.65. The summed E-state index contributed by atoms with van der Waals surface area (Å²) < 4.78 is 16.2. The maximum atomic E-state index is 11.9. The van der Waals surface area contributed by atoms with E-state index in [2.05, 4.69) is 0 Å². The zero-order valence-corrected chi connectivity index (χ0v) is 16.1.